The SMILES string of the molecule is Cn1cc(S(=O)(=O)N2CCc3ccccc3C2)cc1C(=O)O. The number of fused-ring (bicyclic) bond motifs is 1. The van der Waals surface area contributed by atoms with Gasteiger partial charge in [0.2, 0.25) is 10.0 Å². The molecule has 0 atom stereocenters. The Morgan fingerprint density at radius 3 is 2.55 bits per heavy atom. The Labute approximate surface area is 128 Å². The summed E-state index contributed by atoms with van der Waals surface area (Å²) in [7, 11) is -2.17. The first-order chi connectivity index (χ1) is 10.4. The van der Waals surface area contributed by atoms with Crippen LogP contribution in [0.1, 0.15) is 21.6 Å². The normalized spacial score (nSPS) is 15.5. The quantitative estimate of drug-likeness (QED) is 0.929. The lowest BCUT2D eigenvalue weighted by Crippen LogP contribution is -2.35. The van der Waals surface area contributed by atoms with Gasteiger partial charge in [-0.1, -0.05) is 24.3 Å². The summed E-state index contributed by atoms with van der Waals surface area (Å²) in [5, 5.41) is 9.06. The van der Waals surface area contributed by atoms with Crippen LogP contribution in [0.4, 0.5) is 0 Å². The molecular weight excluding hydrogens is 304 g/mol. The monoisotopic (exact) mass is 320 g/mol. The molecule has 0 saturated heterocycles. The van der Waals surface area contributed by atoms with Crippen molar-refractivity contribution in [2.75, 3.05) is 6.54 Å². The number of benzene rings is 1. The van der Waals surface area contributed by atoms with Gasteiger partial charge in [0.05, 0.1) is 0 Å². The summed E-state index contributed by atoms with van der Waals surface area (Å²) >= 11 is 0. The molecule has 0 unspecified atom stereocenters. The number of hydrogen-bond donors (Lipinski definition) is 1. The van der Waals surface area contributed by atoms with Gasteiger partial charge in [0, 0.05) is 26.3 Å². The smallest absolute Gasteiger partial charge is 0.352 e. The lowest BCUT2D eigenvalue weighted by Gasteiger charge is -2.27. The van der Waals surface area contributed by atoms with Gasteiger partial charge in [0.15, 0.2) is 0 Å². The molecular formula is C15H16N2O4S. The van der Waals surface area contributed by atoms with Crippen molar-refractivity contribution in [1.29, 1.82) is 0 Å². The summed E-state index contributed by atoms with van der Waals surface area (Å²) in [5.41, 5.74) is 2.11. The molecule has 1 aromatic carbocycles. The van der Waals surface area contributed by atoms with Crippen molar-refractivity contribution in [2.24, 2.45) is 7.05 Å². The van der Waals surface area contributed by atoms with Gasteiger partial charge in [0.1, 0.15) is 10.6 Å². The van der Waals surface area contributed by atoms with Gasteiger partial charge in [0.25, 0.3) is 0 Å². The Hall–Kier alpha value is -2.12. The zero-order valence-electron chi connectivity index (χ0n) is 12.1. The fourth-order valence-corrected chi connectivity index (χ4v) is 4.20. The number of carbonyl (C=O) groups is 1. The van der Waals surface area contributed by atoms with Gasteiger partial charge in [-0.25, -0.2) is 13.2 Å². The molecule has 1 aliphatic heterocycles. The van der Waals surface area contributed by atoms with Gasteiger partial charge in [-0.2, -0.15) is 4.31 Å². The zero-order valence-corrected chi connectivity index (χ0v) is 12.9. The first-order valence-electron chi connectivity index (χ1n) is 6.86. The Kier molecular flexibility index (Phi) is 3.54. The summed E-state index contributed by atoms with van der Waals surface area (Å²) < 4.78 is 28.1. The van der Waals surface area contributed by atoms with Crippen LogP contribution in [-0.4, -0.2) is 34.9 Å². The maximum Gasteiger partial charge on any atom is 0.352 e. The molecule has 1 N–H and O–H groups in total. The Balaban J connectivity index is 1.94. The minimum atomic E-state index is -3.69. The number of aromatic carboxylic acids is 1. The third-order valence-corrected chi connectivity index (χ3v) is 5.74. The molecule has 116 valence electrons. The number of nitrogens with zero attached hydrogens (tertiary/aromatic N) is 2. The third-order valence-electron chi connectivity index (χ3n) is 3.93. The number of aryl methyl sites for hydroxylation is 1. The molecule has 0 aliphatic carbocycles. The molecule has 6 nitrogen and oxygen atoms in total. The minimum absolute atomic E-state index is 0.0202. The predicted octanol–water partition coefficient (Wildman–Crippen LogP) is 1.47. The predicted molar refractivity (Wildman–Crippen MR) is 80.1 cm³/mol. The highest BCUT2D eigenvalue weighted by Gasteiger charge is 2.30. The second-order valence-corrected chi connectivity index (χ2v) is 7.27. The summed E-state index contributed by atoms with van der Waals surface area (Å²) in [4.78, 5) is 11.1. The van der Waals surface area contributed by atoms with Gasteiger partial charge < -0.3 is 9.67 Å². The topological polar surface area (TPSA) is 79.6 Å². The largest absolute Gasteiger partial charge is 0.477 e. The fraction of sp³-hybridized carbons (Fsp3) is 0.267. The highest BCUT2D eigenvalue weighted by atomic mass is 32.2. The molecule has 0 saturated carbocycles. The van der Waals surface area contributed by atoms with Crippen molar-refractivity contribution < 1.29 is 18.3 Å². The van der Waals surface area contributed by atoms with Crippen molar-refractivity contribution in [3.8, 4) is 0 Å². The summed E-state index contributed by atoms with van der Waals surface area (Å²) in [6.45, 7) is 0.715. The number of carboxylic acid groups (broad SMARTS) is 1. The van der Waals surface area contributed by atoms with E-state index < -0.39 is 16.0 Å². The second kappa shape index (κ2) is 5.26. The highest BCUT2D eigenvalue weighted by Crippen LogP contribution is 2.25. The molecule has 3 rings (SSSR count). The van der Waals surface area contributed by atoms with E-state index in [2.05, 4.69) is 0 Å². The van der Waals surface area contributed by atoms with Crippen LogP contribution in [0.2, 0.25) is 0 Å². The van der Waals surface area contributed by atoms with E-state index >= 15 is 0 Å². The Morgan fingerprint density at radius 2 is 1.91 bits per heavy atom. The minimum Gasteiger partial charge on any atom is -0.477 e. The fourth-order valence-electron chi connectivity index (χ4n) is 2.71. The first-order valence-corrected chi connectivity index (χ1v) is 8.30. The van der Waals surface area contributed by atoms with Gasteiger partial charge in [-0.15, -0.1) is 0 Å². The van der Waals surface area contributed by atoms with E-state index in [1.54, 1.807) is 0 Å². The van der Waals surface area contributed by atoms with E-state index in [9.17, 15) is 13.2 Å². The van der Waals surface area contributed by atoms with Crippen molar-refractivity contribution in [3.05, 3.63) is 53.3 Å². The van der Waals surface area contributed by atoms with Crippen molar-refractivity contribution in [2.45, 2.75) is 17.9 Å². The van der Waals surface area contributed by atoms with Crippen LogP contribution in [0.5, 0.6) is 0 Å². The molecule has 0 fully saturated rings. The maximum absolute atomic E-state index is 12.7. The van der Waals surface area contributed by atoms with E-state index in [1.165, 1.54) is 28.2 Å². The standard InChI is InChI=1S/C15H16N2O4S/c1-16-10-13(8-14(16)15(18)19)22(20,21)17-7-6-11-4-2-3-5-12(11)9-17/h2-5,8,10H,6-7,9H2,1H3,(H,18,19). The van der Waals surface area contributed by atoms with E-state index in [0.29, 0.717) is 19.5 Å². The van der Waals surface area contributed by atoms with Crippen molar-refractivity contribution >= 4 is 16.0 Å². The van der Waals surface area contributed by atoms with Crippen LogP contribution in [0.25, 0.3) is 0 Å². The summed E-state index contributed by atoms with van der Waals surface area (Å²) in [5.74, 6) is -1.15. The van der Waals surface area contributed by atoms with Crippen LogP contribution in [0.3, 0.4) is 0 Å². The first kappa shape index (κ1) is 14.8. The second-order valence-electron chi connectivity index (χ2n) is 5.33. The van der Waals surface area contributed by atoms with Gasteiger partial charge in [-0.05, 0) is 23.6 Å². The van der Waals surface area contributed by atoms with Gasteiger partial charge >= 0.3 is 5.97 Å². The lowest BCUT2D eigenvalue weighted by molar-refractivity contribution is 0.0686. The number of hydrogen-bond acceptors (Lipinski definition) is 3. The summed E-state index contributed by atoms with van der Waals surface area (Å²) in [6, 6.07) is 8.96. The van der Waals surface area contributed by atoms with Crippen LogP contribution >= 0.6 is 0 Å². The maximum atomic E-state index is 12.7. The molecule has 1 aromatic heterocycles. The third kappa shape index (κ3) is 2.42. The van der Waals surface area contributed by atoms with Crippen LogP contribution < -0.4 is 0 Å². The van der Waals surface area contributed by atoms with Crippen LogP contribution in [-0.2, 0) is 30.0 Å². The molecule has 1 aliphatic rings. The Bertz CT molecular complexity index is 839. The van der Waals surface area contributed by atoms with Crippen molar-refractivity contribution in [1.82, 2.24) is 8.87 Å². The number of rotatable bonds is 3. The highest BCUT2D eigenvalue weighted by molar-refractivity contribution is 7.89. The molecule has 0 radical (unpaired) electrons. The van der Waals surface area contributed by atoms with Crippen LogP contribution in [0, 0.1) is 0 Å². The van der Waals surface area contributed by atoms with E-state index in [0.717, 1.165) is 11.1 Å². The molecule has 7 heteroatoms. The van der Waals surface area contributed by atoms with E-state index in [4.69, 9.17) is 5.11 Å². The summed E-state index contributed by atoms with van der Waals surface area (Å²) in [6.07, 6.45) is 2.01. The van der Waals surface area contributed by atoms with E-state index in [1.807, 2.05) is 24.3 Å². The molecule has 22 heavy (non-hydrogen) atoms. The lowest BCUT2D eigenvalue weighted by atomic mass is 10.0. The number of carboxylic acids is 1. The number of sulfonamides is 1. The average molecular weight is 320 g/mol. The van der Waals surface area contributed by atoms with Crippen LogP contribution in [0.15, 0.2) is 41.4 Å². The number of aromatic nitrogens is 1. The Morgan fingerprint density at radius 1 is 1.23 bits per heavy atom. The molecule has 0 amide bonds. The average Bonchev–Trinajstić information content (AvgIpc) is 2.89. The molecule has 2 heterocycles. The van der Waals surface area contributed by atoms with Gasteiger partial charge in [-0.3, -0.25) is 0 Å². The van der Waals surface area contributed by atoms with E-state index in [-0.39, 0.29) is 10.6 Å². The zero-order chi connectivity index (χ0) is 15.9. The molecule has 2 aromatic rings. The van der Waals surface area contributed by atoms with Crippen molar-refractivity contribution in [3.63, 3.8) is 0 Å². The molecule has 0 bridgehead atoms. The molecule has 0 spiro atoms.